The minimum Gasteiger partial charge on any atom is -0.296 e. The lowest BCUT2D eigenvalue weighted by molar-refractivity contribution is 0.102. The Morgan fingerprint density at radius 2 is 2.33 bits per heavy atom. The number of rotatable bonds is 2. The van der Waals surface area contributed by atoms with E-state index in [0.29, 0.717) is 15.8 Å². The van der Waals surface area contributed by atoms with Crippen LogP contribution in [0.3, 0.4) is 0 Å². The first-order valence-electron chi connectivity index (χ1n) is 5.64. The molecule has 2 aromatic heterocycles. The van der Waals surface area contributed by atoms with Gasteiger partial charge in [0.2, 0.25) is 0 Å². The molecule has 3 rings (SSSR count). The van der Waals surface area contributed by atoms with Crippen molar-refractivity contribution < 1.29 is 4.79 Å². The van der Waals surface area contributed by atoms with Gasteiger partial charge in [0.25, 0.3) is 5.91 Å². The normalized spacial score (nSPS) is 13.4. The maximum atomic E-state index is 11.9. The number of aromatic nitrogens is 2. The standard InChI is InChI=1S/C12H10ClN3OS/c13-7-4-5-14-9(6-7)11(17)16-12-15-8-2-1-3-10(8)18-12/h4-6H,1-3H2,(H,15,16,17). The van der Waals surface area contributed by atoms with Crippen LogP contribution in [0.1, 0.15) is 27.5 Å². The number of nitrogens with zero attached hydrogens (tertiary/aromatic N) is 2. The maximum absolute atomic E-state index is 11.9. The zero-order valence-corrected chi connectivity index (χ0v) is 11.0. The molecule has 1 aliphatic carbocycles. The third-order valence-electron chi connectivity index (χ3n) is 2.77. The van der Waals surface area contributed by atoms with Gasteiger partial charge in [0.15, 0.2) is 5.13 Å². The SMILES string of the molecule is O=C(Nc1nc2c(s1)CCC2)c1cc(Cl)ccn1. The van der Waals surface area contributed by atoms with E-state index in [2.05, 4.69) is 15.3 Å². The molecular weight excluding hydrogens is 270 g/mol. The number of hydrogen-bond donors (Lipinski definition) is 1. The van der Waals surface area contributed by atoms with E-state index in [4.69, 9.17) is 11.6 Å². The van der Waals surface area contributed by atoms with Crippen LogP contribution in [0.5, 0.6) is 0 Å². The van der Waals surface area contributed by atoms with Crippen LogP contribution in [0.2, 0.25) is 5.02 Å². The average molecular weight is 280 g/mol. The second-order valence-corrected chi connectivity index (χ2v) is 5.58. The minimum absolute atomic E-state index is 0.273. The Hall–Kier alpha value is -1.46. The molecule has 4 nitrogen and oxygen atoms in total. The highest BCUT2D eigenvalue weighted by Crippen LogP contribution is 2.30. The Balaban J connectivity index is 1.78. The van der Waals surface area contributed by atoms with Crippen molar-refractivity contribution in [2.45, 2.75) is 19.3 Å². The molecule has 0 unspecified atom stereocenters. The Morgan fingerprint density at radius 1 is 1.44 bits per heavy atom. The minimum atomic E-state index is -0.273. The molecule has 0 spiro atoms. The Morgan fingerprint density at radius 3 is 3.11 bits per heavy atom. The van der Waals surface area contributed by atoms with Crippen LogP contribution in [0.4, 0.5) is 5.13 Å². The quantitative estimate of drug-likeness (QED) is 0.919. The van der Waals surface area contributed by atoms with Crippen LogP contribution in [0, 0.1) is 0 Å². The fourth-order valence-corrected chi connectivity index (χ4v) is 3.14. The first-order chi connectivity index (χ1) is 8.72. The highest BCUT2D eigenvalue weighted by atomic mass is 35.5. The highest BCUT2D eigenvalue weighted by molar-refractivity contribution is 7.15. The summed E-state index contributed by atoms with van der Waals surface area (Å²) in [6, 6.07) is 3.18. The lowest BCUT2D eigenvalue weighted by Gasteiger charge is -2.01. The number of carbonyl (C=O) groups is 1. The number of carbonyl (C=O) groups excluding carboxylic acids is 1. The van der Waals surface area contributed by atoms with E-state index >= 15 is 0 Å². The fourth-order valence-electron chi connectivity index (χ4n) is 1.93. The van der Waals surface area contributed by atoms with E-state index in [1.807, 2.05) is 0 Å². The van der Waals surface area contributed by atoms with Gasteiger partial charge in [-0.25, -0.2) is 4.98 Å². The number of fused-ring (bicyclic) bond motifs is 1. The predicted molar refractivity (Wildman–Crippen MR) is 71.3 cm³/mol. The second kappa shape index (κ2) is 4.66. The molecule has 2 heterocycles. The molecule has 0 saturated carbocycles. The number of nitrogens with one attached hydrogen (secondary N) is 1. The zero-order valence-electron chi connectivity index (χ0n) is 9.44. The number of aryl methyl sites for hydroxylation is 2. The molecular formula is C12H10ClN3OS. The molecule has 0 fully saturated rings. The van der Waals surface area contributed by atoms with Gasteiger partial charge in [-0.2, -0.15) is 0 Å². The summed E-state index contributed by atoms with van der Waals surface area (Å²) in [4.78, 5) is 21.6. The van der Waals surface area contributed by atoms with Gasteiger partial charge in [-0.1, -0.05) is 11.6 Å². The summed E-state index contributed by atoms with van der Waals surface area (Å²) in [6.45, 7) is 0. The van der Waals surface area contributed by atoms with E-state index in [9.17, 15) is 4.79 Å². The monoisotopic (exact) mass is 279 g/mol. The summed E-state index contributed by atoms with van der Waals surface area (Å²) in [5.41, 5.74) is 1.42. The molecule has 0 bridgehead atoms. The van der Waals surface area contributed by atoms with E-state index < -0.39 is 0 Å². The number of hydrogen-bond acceptors (Lipinski definition) is 4. The van der Waals surface area contributed by atoms with E-state index in [1.54, 1.807) is 17.4 Å². The molecule has 1 aliphatic rings. The summed E-state index contributed by atoms with van der Waals surface area (Å²) < 4.78 is 0. The number of anilines is 1. The molecule has 18 heavy (non-hydrogen) atoms. The van der Waals surface area contributed by atoms with Crippen molar-refractivity contribution in [1.82, 2.24) is 9.97 Å². The molecule has 0 aliphatic heterocycles. The van der Waals surface area contributed by atoms with Crippen molar-refractivity contribution in [2.75, 3.05) is 5.32 Å². The first-order valence-corrected chi connectivity index (χ1v) is 6.83. The molecule has 2 aromatic rings. The van der Waals surface area contributed by atoms with E-state index in [1.165, 1.54) is 17.1 Å². The van der Waals surface area contributed by atoms with Crippen molar-refractivity contribution in [2.24, 2.45) is 0 Å². The van der Waals surface area contributed by atoms with Gasteiger partial charge in [-0.3, -0.25) is 15.1 Å². The molecule has 6 heteroatoms. The van der Waals surface area contributed by atoms with Crippen LogP contribution in [0.25, 0.3) is 0 Å². The van der Waals surface area contributed by atoms with E-state index in [0.717, 1.165) is 25.0 Å². The van der Waals surface area contributed by atoms with Gasteiger partial charge < -0.3 is 0 Å². The summed E-state index contributed by atoms with van der Waals surface area (Å²) in [5.74, 6) is -0.273. The maximum Gasteiger partial charge on any atom is 0.276 e. The lowest BCUT2D eigenvalue weighted by atomic mass is 10.3. The molecule has 0 atom stereocenters. The van der Waals surface area contributed by atoms with Gasteiger partial charge in [-0.05, 0) is 31.4 Å². The van der Waals surface area contributed by atoms with Crippen molar-refractivity contribution in [3.63, 3.8) is 0 Å². The first kappa shape index (κ1) is 11.6. The third-order valence-corrected chi connectivity index (χ3v) is 4.08. The summed E-state index contributed by atoms with van der Waals surface area (Å²) >= 11 is 7.37. The molecule has 0 saturated heterocycles. The predicted octanol–water partition coefficient (Wildman–Crippen LogP) is 2.93. The zero-order chi connectivity index (χ0) is 12.5. The average Bonchev–Trinajstić information content (AvgIpc) is 2.89. The number of thiazole rings is 1. The van der Waals surface area contributed by atoms with Gasteiger partial charge >= 0.3 is 0 Å². The summed E-state index contributed by atoms with van der Waals surface area (Å²) in [5, 5.41) is 3.90. The van der Waals surface area contributed by atoms with Gasteiger partial charge in [0.05, 0.1) is 5.69 Å². The Bertz CT molecular complexity index is 590. The molecule has 1 amide bonds. The van der Waals surface area contributed by atoms with Crippen LogP contribution < -0.4 is 5.32 Å². The fraction of sp³-hybridized carbons (Fsp3) is 0.250. The van der Waals surface area contributed by atoms with Gasteiger partial charge in [0, 0.05) is 16.1 Å². The topological polar surface area (TPSA) is 54.9 Å². The number of halogens is 1. The van der Waals surface area contributed by atoms with Crippen LogP contribution in [-0.4, -0.2) is 15.9 Å². The summed E-state index contributed by atoms with van der Waals surface area (Å²) in [7, 11) is 0. The Kier molecular flexibility index (Phi) is 3.01. The van der Waals surface area contributed by atoms with Crippen LogP contribution in [0.15, 0.2) is 18.3 Å². The largest absolute Gasteiger partial charge is 0.296 e. The number of pyridine rings is 1. The smallest absolute Gasteiger partial charge is 0.276 e. The second-order valence-electron chi connectivity index (χ2n) is 4.06. The molecule has 92 valence electrons. The Labute approximate surface area is 113 Å². The molecule has 0 aromatic carbocycles. The lowest BCUT2D eigenvalue weighted by Crippen LogP contribution is -2.13. The van der Waals surface area contributed by atoms with Crippen LogP contribution in [-0.2, 0) is 12.8 Å². The molecule has 1 N–H and O–H groups in total. The van der Waals surface area contributed by atoms with Crippen LogP contribution >= 0.6 is 22.9 Å². The van der Waals surface area contributed by atoms with Crippen molar-refractivity contribution in [1.29, 1.82) is 0 Å². The summed E-state index contributed by atoms with van der Waals surface area (Å²) in [6.07, 6.45) is 4.76. The van der Waals surface area contributed by atoms with E-state index in [-0.39, 0.29) is 5.91 Å². The van der Waals surface area contributed by atoms with Crippen molar-refractivity contribution in [3.8, 4) is 0 Å². The van der Waals surface area contributed by atoms with Crippen molar-refractivity contribution >= 4 is 34.0 Å². The molecule has 0 radical (unpaired) electrons. The van der Waals surface area contributed by atoms with Gasteiger partial charge in [0.1, 0.15) is 5.69 Å². The third kappa shape index (κ3) is 2.23. The highest BCUT2D eigenvalue weighted by Gasteiger charge is 2.18. The number of amides is 1. The van der Waals surface area contributed by atoms with Crippen molar-refractivity contribution in [3.05, 3.63) is 39.6 Å². The van der Waals surface area contributed by atoms with Gasteiger partial charge in [-0.15, -0.1) is 11.3 Å².